The molecule has 15 heteroatoms. The van der Waals surface area contributed by atoms with E-state index in [-0.39, 0.29) is 12.2 Å². The number of phenols is 1. The molecule has 4 atom stereocenters. The van der Waals surface area contributed by atoms with Crippen LogP contribution in [0.2, 0.25) is 0 Å². The van der Waals surface area contributed by atoms with Crippen molar-refractivity contribution in [3.8, 4) is 5.75 Å². The number of aromatic hydroxyl groups is 1. The van der Waals surface area contributed by atoms with Gasteiger partial charge in [-0.15, -0.1) is 0 Å². The highest BCUT2D eigenvalue weighted by Gasteiger charge is 2.28. The molecule has 1 rings (SSSR count). The number of aliphatic carboxylic acids is 1. The second-order valence-electron chi connectivity index (χ2n) is 8.43. The maximum atomic E-state index is 12.4. The van der Waals surface area contributed by atoms with Gasteiger partial charge in [0.15, 0.2) is 0 Å². The number of nitrogens with one attached hydrogen (secondary N) is 4. The topological polar surface area (TPSA) is 266 Å². The SMILES string of the molecule is NCCCC[C@H](N)C(=O)N[C@@H](CO)C(=O)N[C@@H](CO)C(=O)NCC(=O)N[C@@H](Cc1ccc(O)cc1)C(=O)O. The zero-order chi connectivity index (χ0) is 28.7. The van der Waals surface area contributed by atoms with E-state index in [0.29, 0.717) is 31.4 Å². The summed E-state index contributed by atoms with van der Waals surface area (Å²) in [5.74, 6) is -4.83. The number of benzene rings is 1. The third-order valence-electron chi connectivity index (χ3n) is 5.37. The van der Waals surface area contributed by atoms with Crippen LogP contribution in [0.4, 0.5) is 0 Å². The number of unbranched alkanes of at least 4 members (excludes halogenated alkanes) is 1. The molecule has 0 spiro atoms. The molecular weight excluding hydrogens is 504 g/mol. The summed E-state index contributed by atoms with van der Waals surface area (Å²) in [6.07, 6.45) is 1.47. The molecular formula is C23H36N6O9. The van der Waals surface area contributed by atoms with Crippen molar-refractivity contribution in [2.24, 2.45) is 11.5 Å². The van der Waals surface area contributed by atoms with E-state index in [9.17, 15) is 44.4 Å². The molecule has 4 amide bonds. The van der Waals surface area contributed by atoms with Crippen molar-refractivity contribution < 1.29 is 44.4 Å². The Kier molecular flexibility index (Phi) is 14.3. The van der Waals surface area contributed by atoms with E-state index in [0.717, 1.165) is 0 Å². The van der Waals surface area contributed by atoms with Gasteiger partial charge < -0.3 is 53.2 Å². The van der Waals surface area contributed by atoms with Gasteiger partial charge in [-0.2, -0.15) is 0 Å². The van der Waals surface area contributed by atoms with E-state index in [1.807, 2.05) is 0 Å². The number of carbonyl (C=O) groups excluding carboxylic acids is 4. The lowest BCUT2D eigenvalue weighted by Gasteiger charge is -2.22. The van der Waals surface area contributed by atoms with Crippen molar-refractivity contribution in [3.05, 3.63) is 29.8 Å². The van der Waals surface area contributed by atoms with E-state index in [1.54, 1.807) is 0 Å². The molecule has 1 aromatic carbocycles. The van der Waals surface area contributed by atoms with Crippen LogP contribution in [0.5, 0.6) is 5.75 Å². The fourth-order valence-corrected chi connectivity index (χ4v) is 3.18. The number of phenolic OH excluding ortho intramolecular Hbond substituents is 1. The highest BCUT2D eigenvalue weighted by atomic mass is 16.4. The van der Waals surface area contributed by atoms with Crippen LogP contribution >= 0.6 is 0 Å². The van der Waals surface area contributed by atoms with Gasteiger partial charge in [0.25, 0.3) is 0 Å². The van der Waals surface area contributed by atoms with Crippen LogP contribution < -0.4 is 32.7 Å². The Morgan fingerprint density at radius 2 is 1.39 bits per heavy atom. The number of carboxylic acids is 1. The van der Waals surface area contributed by atoms with Crippen molar-refractivity contribution in [2.45, 2.75) is 49.9 Å². The molecule has 38 heavy (non-hydrogen) atoms. The van der Waals surface area contributed by atoms with E-state index in [2.05, 4.69) is 21.3 Å². The van der Waals surface area contributed by atoms with Crippen LogP contribution in [0, 0.1) is 0 Å². The maximum Gasteiger partial charge on any atom is 0.326 e. The number of carboxylic acid groups (broad SMARTS) is 1. The van der Waals surface area contributed by atoms with Gasteiger partial charge in [-0.25, -0.2) is 4.79 Å². The number of hydrogen-bond acceptors (Lipinski definition) is 10. The first-order valence-electron chi connectivity index (χ1n) is 11.9. The maximum absolute atomic E-state index is 12.4. The first-order chi connectivity index (χ1) is 18.0. The molecule has 212 valence electrons. The average Bonchev–Trinajstić information content (AvgIpc) is 2.89. The van der Waals surface area contributed by atoms with E-state index in [1.165, 1.54) is 24.3 Å². The lowest BCUT2D eigenvalue weighted by atomic mass is 10.1. The minimum absolute atomic E-state index is 0.00695. The fourth-order valence-electron chi connectivity index (χ4n) is 3.18. The van der Waals surface area contributed by atoms with E-state index in [4.69, 9.17) is 11.5 Å². The Bertz CT molecular complexity index is 944. The fraction of sp³-hybridized carbons (Fsp3) is 0.522. The van der Waals surface area contributed by atoms with Crippen LogP contribution in [-0.2, 0) is 30.4 Å². The third kappa shape index (κ3) is 11.5. The summed E-state index contributed by atoms with van der Waals surface area (Å²) in [5, 5.41) is 46.5. The van der Waals surface area contributed by atoms with E-state index >= 15 is 0 Å². The monoisotopic (exact) mass is 540 g/mol. The van der Waals surface area contributed by atoms with E-state index < -0.39 is 73.5 Å². The van der Waals surface area contributed by atoms with Crippen LogP contribution in [-0.4, -0.2) is 100 Å². The first-order valence-corrected chi connectivity index (χ1v) is 11.9. The molecule has 0 saturated heterocycles. The molecule has 12 N–H and O–H groups in total. The van der Waals surface area contributed by atoms with Crippen LogP contribution in [0.15, 0.2) is 24.3 Å². The van der Waals surface area contributed by atoms with Crippen molar-refractivity contribution in [2.75, 3.05) is 26.3 Å². The normalized spacial score (nSPS) is 13.9. The largest absolute Gasteiger partial charge is 0.508 e. The minimum atomic E-state index is -1.54. The molecule has 0 saturated carbocycles. The standard InChI is InChI=1S/C23H36N6O9/c24-8-2-1-3-15(25)20(34)28-18(12-31)22(36)29-17(11-30)21(35)26-10-19(33)27-16(23(37)38)9-13-4-6-14(32)7-5-13/h4-7,15-18,30-32H,1-3,8-12,24-25H2,(H,26,35)(H,27,33)(H,28,34)(H,29,36)(H,37,38)/t15-,16-,17-,18-/m0/s1. The van der Waals surface area contributed by atoms with Crippen LogP contribution in [0.3, 0.4) is 0 Å². The summed E-state index contributed by atoms with van der Waals surface area (Å²) in [6.45, 7) is -1.92. The Morgan fingerprint density at radius 1 is 0.816 bits per heavy atom. The Hall–Kier alpha value is -3.79. The molecule has 0 aromatic heterocycles. The predicted octanol–water partition coefficient (Wildman–Crippen LogP) is -3.97. The van der Waals surface area contributed by atoms with Crippen molar-refractivity contribution in [1.82, 2.24) is 21.3 Å². The van der Waals surface area contributed by atoms with Gasteiger partial charge in [-0.05, 0) is 37.1 Å². The van der Waals surface area contributed by atoms with Gasteiger partial charge >= 0.3 is 5.97 Å². The van der Waals surface area contributed by atoms with Crippen LogP contribution in [0.25, 0.3) is 0 Å². The molecule has 0 unspecified atom stereocenters. The molecule has 0 bridgehead atoms. The summed E-state index contributed by atoms with van der Waals surface area (Å²) < 4.78 is 0. The number of rotatable bonds is 17. The molecule has 0 fully saturated rings. The number of aliphatic hydroxyl groups is 2. The average molecular weight is 541 g/mol. The predicted molar refractivity (Wildman–Crippen MR) is 133 cm³/mol. The molecule has 0 aliphatic heterocycles. The van der Waals surface area contributed by atoms with Gasteiger partial charge in [0.05, 0.1) is 25.8 Å². The van der Waals surface area contributed by atoms with Gasteiger partial charge in [-0.1, -0.05) is 18.6 Å². The summed E-state index contributed by atoms with van der Waals surface area (Å²) >= 11 is 0. The number of aliphatic hydroxyl groups excluding tert-OH is 2. The smallest absolute Gasteiger partial charge is 0.326 e. The highest BCUT2D eigenvalue weighted by Crippen LogP contribution is 2.11. The highest BCUT2D eigenvalue weighted by molar-refractivity contribution is 5.94. The summed E-state index contributed by atoms with van der Waals surface area (Å²) in [5.41, 5.74) is 11.7. The molecule has 0 aliphatic carbocycles. The van der Waals surface area contributed by atoms with Gasteiger partial charge in [0.2, 0.25) is 23.6 Å². The molecule has 0 heterocycles. The summed E-state index contributed by atoms with van der Waals surface area (Å²) in [4.78, 5) is 60.6. The summed E-state index contributed by atoms with van der Waals surface area (Å²) in [7, 11) is 0. The zero-order valence-electron chi connectivity index (χ0n) is 20.8. The Balaban J connectivity index is 2.60. The lowest BCUT2D eigenvalue weighted by Crippen LogP contribution is -2.58. The Morgan fingerprint density at radius 3 is 1.95 bits per heavy atom. The zero-order valence-corrected chi connectivity index (χ0v) is 20.8. The third-order valence-corrected chi connectivity index (χ3v) is 5.37. The Labute approximate surface area is 218 Å². The van der Waals surface area contributed by atoms with Crippen molar-refractivity contribution in [1.29, 1.82) is 0 Å². The second kappa shape index (κ2) is 16.9. The van der Waals surface area contributed by atoms with Crippen LogP contribution in [0.1, 0.15) is 24.8 Å². The first kappa shape index (κ1) is 32.2. The number of hydrogen-bond donors (Lipinski definition) is 10. The van der Waals surface area contributed by atoms with Crippen molar-refractivity contribution >= 4 is 29.6 Å². The minimum Gasteiger partial charge on any atom is -0.508 e. The number of amides is 4. The lowest BCUT2D eigenvalue weighted by molar-refractivity contribution is -0.141. The molecule has 15 nitrogen and oxygen atoms in total. The number of nitrogens with two attached hydrogens (primary N) is 2. The van der Waals surface area contributed by atoms with Gasteiger partial charge in [0, 0.05) is 6.42 Å². The van der Waals surface area contributed by atoms with Crippen molar-refractivity contribution in [3.63, 3.8) is 0 Å². The second-order valence-corrected chi connectivity index (χ2v) is 8.43. The molecule has 0 aliphatic rings. The number of carbonyl (C=O) groups is 5. The quantitative estimate of drug-likeness (QED) is 0.0851. The molecule has 0 radical (unpaired) electrons. The molecule has 1 aromatic rings. The van der Waals surface area contributed by atoms with Gasteiger partial charge in [-0.3, -0.25) is 19.2 Å². The summed E-state index contributed by atoms with van der Waals surface area (Å²) in [6, 6.07) is 0.456. The van der Waals surface area contributed by atoms with Gasteiger partial charge in [0.1, 0.15) is 23.9 Å².